The summed E-state index contributed by atoms with van der Waals surface area (Å²) < 4.78 is 10.7. The minimum absolute atomic E-state index is 0.00208. The Kier molecular flexibility index (Phi) is 5.30. The van der Waals surface area contributed by atoms with E-state index in [1.807, 2.05) is 42.5 Å². The molecule has 1 N–H and O–H groups in total. The number of morpholine rings is 1. The van der Waals surface area contributed by atoms with Crippen LogP contribution in [-0.2, 0) is 9.53 Å². The Hall–Kier alpha value is -2.86. The van der Waals surface area contributed by atoms with Crippen molar-refractivity contribution in [1.29, 1.82) is 0 Å². The molecule has 1 saturated heterocycles. The third-order valence-corrected chi connectivity index (χ3v) is 4.04. The third kappa shape index (κ3) is 4.16. The molecule has 0 bridgehead atoms. The number of carbonyl (C=O) groups is 2. The normalized spacial score (nSPS) is 17.2. The smallest absolute Gasteiger partial charge is 0.253 e. The highest BCUT2D eigenvalue weighted by Gasteiger charge is 2.27. The molecular formula is C19H20N2O4. The summed E-state index contributed by atoms with van der Waals surface area (Å²) in [7, 11) is 1.60. The van der Waals surface area contributed by atoms with Crippen LogP contribution in [0.1, 0.15) is 10.4 Å². The van der Waals surface area contributed by atoms with E-state index in [-0.39, 0.29) is 24.5 Å². The molecule has 25 heavy (non-hydrogen) atoms. The fourth-order valence-electron chi connectivity index (χ4n) is 2.66. The van der Waals surface area contributed by atoms with E-state index < -0.39 is 0 Å². The summed E-state index contributed by atoms with van der Waals surface area (Å²) in [4.78, 5) is 25.9. The summed E-state index contributed by atoms with van der Waals surface area (Å²) in [5, 5.41) is 2.85. The number of benzene rings is 2. The Morgan fingerprint density at radius 3 is 2.60 bits per heavy atom. The van der Waals surface area contributed by atoms with Gasteiger partial charge in [0.15, 0.2) is 0 Å². The Bertz CT molecular complexity index is 731. The van der Waals surface area contributed by atoms with Crippen LogP contribution in [0.25, 0.3) is 0 Å². The predicted molar refractivity (Wildman–Crippen MR) is 93.9 cm³/mol. The molecule has 1 unspecified atom stereocenters. The van der Waals surface area contributed by atoms with Crippen LogP contribution in [0.4, 0.5) is 5.69 Å². The van der Waals surface area contributed by atoms with E-state index in [4.69, 9.17) is 9.47 Å². The van der Waals surface area contributed by atoms with Crippen LogP contribution >= 0.6 is 0 Å². The van der Waals surface area contributed by atoms with Gasteiger partial charge >= 0.3 is 0 Å². The van der Waals surface area contributed by atoms with E-state index in [0.29, 0.717) is 18.7 Å². The van der Waals surface area contributed by atoms with E-state index in [0.717, 1.165) is 11.4 Å². The molecule has 0 radical (unpaired) electrons. The Balaban J connectivity index is 1.60. The maximum Gasteiger partial charge on any atom is 0.253 e. The zero-order valence-corrected chi connectivity index (χ0v) is 14.0. The van der Waals surface area contributed by atoms with E-state index in [1.54, 1.807) is 24.1 Å². The first-order chi connectivity index (χ1) is 12.2. The number of nitrogens with one attached hydrogen (secondary N) is 1. The minimum Gasteiger partial charge on any atom is -0.497 e. The molecule has 6 nitrogen and oxygen atoms in total. The molecule has 1 atom stereocenters. The fraction of sp³-hybridized carbons (Fsp3) is 0.263. The van der Waals surface area contributed by atoms with Crippen molar-refractivity contribution in [3.05, 3.63) is 60.2 Å². The maximum absolute atomic E-state index is 12.1. The molecule has 1 fully saturated rings. The molecular weight excluding hydrogens is 320 g/mol. The minimum atomic E-state index is -0.257. The number of hydrogen-bond acceptors (Lipinski definition) is 4. The van der Waals surface area contributed by atoms with Crippen molar-refractivity contribution in [2.24, 2.45) is 0 Å². The van der Waals surface area contributed by atoms with Crippen LogP contribution in [0.15, 0.2) is 54.6 Å². The highest BCUT2D eigenvalue weighted by Crippen LogP contribution is 2.22. The monoisotopic (exact) mass is 340 g/mol. The SMILES string of the molecule is COc1ccc(N2CC(CNC(=O)c3ccccc3)OCC2=O)cc1. The lowest BCUT2D eigenvalue weighted by atomic mass is 10.2. The number of anilines is 1. The molecule has 0 saturated carbocycles. The molecule has 0 aliphatic carbocycles. The van der Waals surface area contributed by atoms with Gasteiger partial charge in [0.25, 0.3) is 11.8 Å². The summed E-state index contributed by atoms with van der Waals surface area (Å²) in [5.41, 5.74) is 1.38. The van der Waals surface area contributed by atoms with Crippen molar-refractivity contribution in [2.45, 2.75) is 6.10 Å². The van der Waals surface area contributed by atoms with Crippen molar-refractivity contribution < 1.29 is 19.1 Å². The standard InChI is InChI=1S/C19H20N2O4/c1-24-16-9-7-15(8-10-16)21-12-17(25-13-18(21)22)11-20-19(23)14-5-3-2-4-6-14/h2-10,17H,11-13H2,1H3,(H,20,23). The molecule has 1 aliphatic rings. The van der Waals surface area contributed by atoms with E-state index >= 15 is 0 Å². The highest BCUT2D eigenvalue weighted by molar-refractivity contribution is 5.95. The van der Waals surface area contributed by atoms with Crippen LogP contribution in [0.5, 0.6) is 5.75 Å². The second-order valence-corrected chi connectivity index (χ2v) is 5.71. The zero-order chi connectivity index (χ0) is 17.6. The van der Waals surface area contributed by atoms with Crippen molar-refractivity contribution in [1.82, 2.24) is 5.32 Å². The lowest BCUT2D eigenvalue weighted by Crippen LogP contribution is -2.50. The second kappa shape index (κ2) is 7.81. The van der Waals surface area contributed by atoms with Gasteiger partial charge in [-0.2, -0.15) is 0 Å². The Morgan fingerprint density at radius 2 is 1.92 bits per heavy atom. The molecule has 0 aromatic heterocycles. The molecule has 3 rings (SSSR count). The lowest BCUT2D eigenvalue weighted by Gasteiger charge is -2.33. The zero-order valence-electron chi connectivity index (χ0n) is 14.0. The number of methoxy groups -OCH3 is 1. The van der Waals surface area contributed by atoms with E-state index in [2.05, 4.69) is 5.32 Å². The fourth-order valence-corrected chi connectivity index (χ4v) is 2.66. The van der Waals surface area contributed by atoms with E-state index in [1.165, 1.54) is 0 Å². The van der Waals surface area contributed by atoms with Crippen LogP contribution in [-0.4, -0.2) is 44.7 Å². The van der Waals surface area contributed by atoms with Crippen LogP contribution in [0, 0.1) is 0 Å². The summed E-state index contributed by atoms with van der Waals surface area (Å²) in [6.45, 7) is 0.728. The summed E-state index contributed by atoms with van der Waals surface area (Å²) in [6.07, 6.45) is -0.257. The average molecular weight is 340 g/mol. The van der Waals surface area contributed by atoms with Gasteiger partial charge in [-0.05, 0) is 36.4 Å². The molecule has 6 heteroatoms. The van der Waals surface area contributed by atoms with Gasteiger partial charge in [-0.1, -0.05) is 18.2 Å². The van der Waals surface area contributed by atoms with Gasteiger partial charge < -0.3 is 19.7 Å². The van der Waals surface area contributed by atoms with Gasteiger partial charge in [0.05, 0.1) is 19.8 Å². The second-order valence-electron chi connectivity index (χ2n) is 5.71. The number of rotatable bonds is 5. The highest BCUT2D eigenvalue weighted by atomic mass is 16.5. The van der Waals surface area contributed by atoms with Gasteiger partial charge in [-0.3, -0.25) is 9.59 Å². The predicted octanol–water partition coefficient (Wildman–Crippen LogP) is 1.86. The van der Waals surface area contributed by atoms with Crippen molar-refractivity contribution in [2.75, 3.05) is 31.7 Å². The molecule has 1 aliphatic heterocycles. The van der Waals surface area contributed by atoms with Crippen LogP contribution in [0.2, 0.25) is 0 Å². The van der Waals surface area contributed by atoms with Gasteiger partial charge in [0.1, 0.15) is 12.4 Å². The largest absolute Gasteiger partial charge is 0.497 e. The topological polar surface area (TPSA) is 67.9 Å². The first-order valence-electron chi connectivity index (χ1n) is 8.06. The Morgan fingerprint density at radius 1 is 1.20 bits per heavy atom. The molecule has 2 aromatic carbocycles. The third-order valence-electron chi connectivity index (χ3n) is 4.04. The van der Waals surface area contributed by atoms with Crippen molar-refractivity contribution in [3.8, 4) is 5.75 Å². The number of amides is 2. The molecule has 2 amide bonds. The summed E-state index contributed by atoms with van der Waals surface area (Å²) in [5.74, 6) is 0.476. The number of nitrogens with zero attached hydrogens (tertiary/aromatic N) is 1. The van der Waals surface area contributed by atoms with Crippen molar-refractivity contribution in [3.63, 3.8) is 0 Å². The summed E-state index contributed by atoms with van der Waals surface area (Å²) >= 11 is 0. The molecule has 130 valence electrons. The van der Waals surface area contributed by atoms with Crippen LogP contribution in [0.3, 0.4) is 0 Å². The van der Waals surface area contributed by atoms with Gasteiger partial charge in [0, 0.05) is 17.8 Å². The average Bonchev–Trinajstić information content (AvgIpc) is 2.68. The number of ether oxygens (including phenoxy) is 2. The Labute approximate surface area is 146 Å². The van der Waals surface area contributed by atoms with Crippen molar-refractivity contribution >= 4 is 17.5 Å². The summed E-state index contributed by atoms with van der Waals surface area (Å²) in [6, 6.07) is 16.3. The first-order valence-corrected chi connectivity index (χ1v) is 8.06. The number of hydrogen-bond donors (Lipinski definition) is 1. The van der Waals surface area contributed by atoms with E-state index in [9.17, 15) is 9.59 Å². The van der Waals surface area contributed by atoms with Gasteiger partial charge in [-0.25, -0.2) is 0 Å². The molecule has 0 spiro atoms. The van der Waals surface area contributed by atoms with Gasteiger partial charge in [0.2, 0.25) is 0 Å². The lowest BCUT2D eigenvalue weighted by molar-refractivity contribution is -0.129. The number of carbonyl (C=O) groups excluding carboxylic acids is 2. The molecule has 2 aromatic rings. The quantitative estimate of drug-likeness (QED) is 0.902. The molecule has 1 heterocycles. The van der Waals surface area contributed by atoms with Crippen LogP contribution < -0.4 is 15.0 Å². The van der Waals surface area contributed by atoms with Gasteiger partial charge in [-0.15, -0.1) is 0 Å². The first kappa shape index (κ1) is 17.0. The maximum atomic E-state index is 12.1.